The maximum atomic E-state index is 13.1. The first-order valence-electron chi connectivity index (χ1n) is 9.61. The van der Waals surface area contributed by atoms with Gasteiger partial charge in [-0.15, -0.1) is 10.2 Å². The van der Waals surface area contributed by atoms with Crippen molar-refractivity contribution in [2.24, 2.45) is 0 Å². The van der Waals surface area contributed by atoms with Crippen molar-refractivity contribution < 1.29 is 9.18 Å². The van der Waals surface area contributed by atoms with Gasteiger partial charge in [0.25, 0.3) is 5.91 Å². The molecule has 0 saturated carbocycles. The molecule has 4 rings (SSSR count). The molecule has 1 aromatic heterocycles. The van der Waals surface area contributed by atoms with E-state index in [0.29, 0.717) is 38.0 Å². The van der Waals surface area contributed by atoms with Gasteiger partial charge in [0.2, 0.25) is 0 Å². The number of carbonyl (C=O) groups is 1. The Hall–Kier alpha value is -2.87. The van der Waals surface area contributed by atoms with E-state index < -0.39 is 5.82 Å². The summed E-state index contributed by atoms with van der Waals surface area (Å²) in [6.45, 7) is 0.0952. The highest BCUT2D eigenvalue weighted by Gasteiger charge is 2.18. The van der Waals surface area contributed by atoms with Crippen molar-refractivity contribution >= 4 is 40.9 Å². The van der Waals surface area contributed by atoms with E-state index in [1.165, 1.54) is 36.0 Å². The zero-order valence-electron chi connectivity index (χ0n) is 16.6. The summed E-state index contributed by atoms with van der Waals surface area (Å²) in [6.07, 6.45) is 0. The largest absolute Gasteiger partial charge is 0.345 e. The summed E-state index contributed by atoms with van der Waals surface area (Å²) in [4.78, 5) is 12.5. The van der Waals surface area contributed by atoms with Crippen molar-refractivity contribution in [2.45, 2.75) is 17.5 Å². The molecule has 0 aliphatic rings. The van der Waals surface area contributed by atoms with Crippen LogP contribution in [0.1, 0.15) is 21.7 Å². The maximum absolute atomic E-state index is 13.1. The van der Waals surface area contributed by atoms with Crippen molar-refractivity contribution in [1.29, 1.82) is 0 Å². The third-order valence-corrected chi connectivity index (χ3v) is 6.13. The van der Waals surface area contributed by atoms with Crippen molar-refractivity contribution in [3.8, 4) is 5.69 Å². The van der Waals surface area contributed by atoms with Gasteiger partial charge in [0, 0.05) is 16.3 Å². The van der Waals surface area contributed by atoms with Gasteiger partial charge in [-0.05, 0) is 48.0 Å². The Kier molecular flexibility index (Phi) is 7.09. The Balaban J connectivity index is 1.61. The van der Waals surface area contributed by atoms with Crippen LogP contribution in [0.15, 0.2) is 78.0 Å². The number of aromatic nitrogens is 3. The van der Waals surface area contributed by atoms with E-state index in [1.54, 1.807) is 22.8 Å². The first-order chi connectivity index (χ1) is 15.5. The molecule has 0 fully saturated rings. The third-order valence-electron chi connectivity index (χ3n) is 4.57. The molecule has 1 N–H and O–H groups in total. The van der Waals surface area contributed by atoms with Crippen molar-refractivity contribution in [1.82, 2.24) is 20.1 Å². The molecule has 9 heteroatoms. The first-order valence-corrected chi connectivity index (χ1v) is 11.4. The van der Waals surface area contributed by atoms with E-state index >= 15 is 0 Å². The van der Waals surface area contributed by atoms with E-state index in [4.69, 9.17) is 23.2 Å². The molecule has 1 amide bonds. The number of hydrogen-bond acceptors (Lipinski definition) is 4. The van der Waals surface area contributed by atoms with Crippen molar-refractivity contribution in [2.75, 3.05) is 0 Å². The molecular formula is C23H17Cl2FN4OS. The Morgan fingerprint density at radius 2 is 1.75 bits per heavy atom. The monoisotopic (exact) mass is 486 g/mol. The lowest BCUT2D eigenvalue weighted by Crippen LogP contribution is -2.24. The quantitative estimate of drug-likeness (QED) is 0.328. The maximum Gasteiger partial charge on any atom is 0.251 e. The number of halogens is 3. The number of nitrogens with one attached hydrogen (secondary N) is 1. The topological polar surface area (TPSA) is 59.8 Å². The third kappa shape index (κ3) is 5.30. The average Bonchev–Trinajstić information content (AvgIpc) is 3.21. The molecule has 5 nitrogen and oxygen atoms in total. The highest BCUT2D eigenvalue weighted by atomic mass is 35.5. The highest BCUT2D eigenvalue weighted by Crippen LogP contribution is 2.30. The van der Waals surface area contributed by atoms with Crippen LogP contribution in [-0.4, -0.2) is 20.7 Å². The molecule has 0 radical (unpaired) electrons. The van der Waals surface area contributed by atoms with Crippen LogP contribution in [0, 0.1) is 5.82 Å². The molecule has 4 aromatic rings. The summed E-state index contributed by atoms with van der Waals surface area (Å²) in [5.74, 6) is 0.409. The zero-order valence-corrected chi connectivity index (χ0v) is 19.0. The number of thioether (sulfide) groups is 1. The van der Waals surface area contributed by atoms with Crippen LogP contribution >= 0.6 is 35.0 Å². The standard InChI is InChI=1S/C23H17Cl2FN4OS/c24-17-8-11-19(25)20(12-17)30-21(13-27-22(31)16-6-9-18(26)10-7-16)28-29-23(30)32-14-15-4-2-1-3-5-15/h1-12H,13-14H2,(H,27,31). The van der Waals surface area contributed by atoms with Crippen LogP contribution in [0.2, 0.25) is 10.0 Å². The predicted molar refractivity (Wildman–Crippen MR) is 125 cm³/mol. The number of benzene rings is 3. The predicted octanol–water partition coefficient (Wildman–Crippen LogP) is 5.94. The Labute approximate surface area is 198 Å². The van der Waals surface area contributed by atoms with Gasteiger partial charge in [0.05, 0.1) is 17.3 Å². The zero-order chi connectivity index (χ0) is 22.5. The summed E-state index contributed by atoms with van der Waals surface area (Å²) < 4.78 is 14.9. The van der Waals surface area contributed by atoms with E-state index in [-0.39, 0.29) is 12.5 Å². The van der Waals surface area contributed by atoms with Gasteiger partial charge in [-0.2, -0.15) is 0 Å². The fourth-order valence-electron chi connectivity index (χ4n) is 2.99. The first kappa shape index (κ1) is 22.3. The van der Waals surface area contributed by atoms with Gasteiger partial charge in [-0.25, -0.2) is 4.39 Å². The van der Waals surface area contributed by atoms with E-state index in [0.717, 1.165) is 5.56 Å². The van der Waals surface area contributed by atoms with Gasteiger partial charge in [0.1, 0.15) is 5.82 Å². The molecule has 0 aliphatic heterocycles. The Morgan fingerprint density at radius 1 is 1.00 bits per heavy atom. The minimum absolute atomic E-state index is 0.0952. The summed E-state index contributed by atoms with van der Waals surface area (Å²) >= 11 is 14.2. The van der Waals surface area contributed by atoms with Crippen LogP contribution in [0.5, 0.6) is 0 Å². The number of hydrogen-bond donors (Lipinski definition) is 1. The molecule has 0 unspecified atom stereocenters. The molecule has 0 spiro atoms. The minimum atomic E-state index is -0.406. The lowest BCUT2D eigenvalue weighted by Gasteiger charge is -2.13. The van der Waals surface area contributed by atoms with Gasteiger partial charge in [-0.1, -0.05) is 65.3 Å². The number of rotatable bonds is 7. The average molecular weight is 487 g/mol. The molecule has 1 heterocycles. The van der Waals surface area contributed by atoms with Gasteiger partial charge < -0.3 is 5.32 Å². The smallest absolute Gasteiger partial charge is 0.251 e. The highest BCUT2D eigenvalue weighted by molar-refractivity contribution is 7.98. The molecule has 3 aromatic carbocycles. The summed E-state index contributed by atoms with van der Waals surface area (Å²) in [6, 6.07) is 20.4. The van der Waals surface area contributed by atoms with E-state index in [2.05, 4.69) is 15.5 Å². The molecule has 0 aliphatic carbocycles. The number of carbonyl (C=O) groups excluding carboxylic acids is 1. The SMILES string of the molecule is O=C(NCc1nnc(SCc2ccccc2)n1-c1cc(Cl)ccc1Cl)c1ccc(F)cc1. The van der Waals surface area contributed by atoms with Crippen LogP contribution in [0.4, 0.5) is 4.39 Å². The molecule has 32 heavy (non-hydrogen) atoms. The summed E-state index contributed by atoms with van der Waals surface area (Å²) in [5.41, 5.74) is 2.10. The minimum Gasteiger partial charge on any atom is -0.345 e. The second-order valence-corrected chi connectivity index (χ2v) is 8.58. The van der Waals surface area contributed by atoms with E-state index in [9.17, 15) is 9.18 Å². The molecule has 0 atom stereocenters. The second-order valence-electron chi connectivity index (χ2n) is 6.79. The summed E-state index contributed by atoms with van der Waals surface area (Å²) in [5, 5.41) is 13.0. The van der Waals surface area contributed by atoms with Crippen molar-refractivity contribution in [3.63, 3.8) is 0 Å². The number of nitrogens with zero attached hydrogens (tertiary/aromatic N) is 3. The van der Waals surface area contributed by atoms with E-state index in [1.807, 2.05) is 30.3 Å². The summed E-state index contributed by atoms with van der Waals surface area (Å²) in [7, 11) is 0. The van der Waals surface area contributed by atoms with Crippen LogP contribution in [0.3, 0.4) is 0 Å². The fourth-order valence-corrected chi connectivity index (χ4v) is 4.28. The lowest BCUT2D eigenvalue weighted by atomic mass is 10.2. The van der Waals surface area contributed by atoms with Gasteiger partial charge in [-0.3, -0.25) is 9.36 Å². The van der Waals surface area contributed by atoms with Gasteiger partial charge in [0.15, 0.2) is 11.0 Å². The Morgan fingerprint density at radius 3 is 2.50 bits per heavy atom. The molecule has 0 bridgehead atoms. The molecular weight excluding hydrogens is 470 g/mol. The normalized spacial score (nSPS) is 10.8. The fraction of sp³-hybridized carbons (Fsp3) is 0.0870. The Bertz CT molecular complexity index is 1230. The molecule has 0 saturated heterocycles. The number of amides is 1. The lowest BCUT2D eigenvalue weighted by molar-refractivity contribution is 0.0949. The van der Waals surface area contributed by atoms with Crippen molar-refractivity contribution in [3.05, 3.63) is 106 Å². The van der Waals surface area contributed by atoms with Crippen LogP contribution in [0.25, 0.3) is 5.69 Å². The van der Waals surface area contributed by atoms with Gasteiger partial charge >= 0.3 is 0 Å². The van der Waals surface area contributed by atoms with Crippen LogP contribution < -0.4 is 5.32 Å². The molecule has 162 valence electrons. The van der Waals surface area contributed by atoms with Crippen LogP contribution in [-0.2, 0) is 12.3 Å². The second kappa shape index (κ2) is 10.2.